The highest BCUT2D eigenvalue weighted by atomic mass is 15.2. The van der Waals surface area contributed by atoms with Gasteiger partial charge in [0.15, 0.2) is 0 Å². The summed E-state index contributed by atoms with van der Waals surface area (Å²) in [7, 11) is 0. The van der Waals surface area contributed by atoms with Gasteiger partial charge in [-0.2, -0.15) is 10.2 Å². The largest absolute Gasteiger partial charge is 0.323 e. The van der Waals surface area contributed by atoms with Crippen LogP contribution in [-0.4, -0.2) is 11.4 Å². The van der Waals surface area contributed by atoms with E-state index in [1.807, 2.05) is 0 Å². The van der Waals surface area contributed by atoms with Crippen molar-refractivity contribution in [3.05, 3.63) is 0 Å². The summed E-state index contributed by atoms with van der Waals surface area (Å²) in [5, 5.41) is 7.62. The molecule has 0 aliphatic heterocycles. The monoisotopic (exact) mass is 226 g/mol. The fourth-order valence-corrected chi connectivity index (χ4v) is 1.63. The Hall–Kier alpha value is -1.06. The molecule has 0 aromatic heterocycles. The van der Waals surface area contributed by atoms with Crippen LogP contribution in [0.15, 0.2) is 10.2 Å². The standard InChI is InChI=1S/C12H26N4/c1-3-5-7-8-10-12(16-14)11(15-13)9-6-4-2/h3-10,13-14H2,1-2H3. The highest BCUT2D eigenvalue weighted by Gasteiger charge is 2.08. The van der Waals surface area contributed by atoms with E-state index in [2.05, 4.69) is 24.1 Å². The summed E-state index contributed by atoms with van der Waals surface area (Å²) in [6.45, 7) is 4.35. The zero-order valence-electron chi connectivity index (χ0n) is 10.7. The first kappa shape index (κ1) is 14.9. The third-order valence-electron chi connectivity index (χ3n) is 2.68. The summed E-state index contributed by atoms with van der Waals surface area (Å²) < 4.78 is 0. The van der Waals surface area contributed by atoms with Gasteiger partial charge in [0.05, 0.1) is 11.4 Å². The van der Waals surface area contributed by atoms with Gasteiger partial charge in [-0.05, 0) is 25.7 Å². The van der Waals surface area contributed by atoms with Gasteiger partial charge in [0.1, 0.15) is 0 Å². The minimum atomic E-state index is 0.876. The van der Waals surface area contributed by atoms with E-state index >= 15 is 0 Å². The van der Waals surface area contributed by atoms with Crippen LogP contribution in [0.5, 0.6) is 0 Å². The SMILES string of the molecule is CCCCCCC(=NN)C(CCCC)=NN. The molecule has 0 aliphatic carbocycles. The average molecular weight is 226 g/mol. The van der Waals surface area contributed by atoms with Gasteiger partial charge in [-0.1, -0.05) is 39.5 Å². The molecule has 0 rings (SSSR count). The molecular weight excluding hydrogens is 200 g/mol. The average Bonchev–Trinajstić information content (AvgIpc) is 2.32. The fraction of sp³-hybridized carbons (Fsp3) is 0.833. The van der Waals surface area contributed by atoms with E-state index in [0.29, 0.717) is 0 Å². The van der Waals surface area contributed by atoms with Gasteiger partial charge in [-0.25, -0.2) is 0 Å². The molecule has 0 unspecified atom stereocenters. The van der Waals surface area contributed by atoms with Crippen molar-refractivity contribution in [1.82, 2.24) is 0 Å². The number of hydrogen-bond donors (Lipinski definition) is 2. The maximum Gasteiger partial charge on any atom is 0.0832 e. The molecule has 0 aromatic carbocycles. The van der Waals surface area contributed by atoms with Crippen molar-refractivity contribution in [1.29, 1.82) is 0 Å². The minimum absolute atomic E-state index is 0.876. The molecule has 0 radical (unpaired) electrons. The summed E-state index contributed by atoms with van der Waals surface area (Å²) in [5.41, 5.74) is 1.76. The van der Waals surface area contributed by atoms with Gasteiger partial charge < -0.3 is 11.7 Å². The second kappa shape index (κ2) is 10.5. The second-order valence-electron chi connectivity index (χ2n) is 4.07. The Kier molecular flexibility index (Phi) is 9.76. The number of nitrogens with two attached hydrogens (primary N) is 2. The lowest BCUT2D eigenvalue weighted by Gasteiger charge is -2.07. The molecule has 0 atom stereocenters. The summed E-state index contributed by atoms with van der Waals surface area (Å²) in [5.74, 6) is 10.8. The van der Waals surface area contributed by atoms with Crippen LogP contribution in [0.25, 0.3) is 0 Å². The molecule has 0 aromatic rings. The van der Waals surface area contributed by atoms with Gasteiger partial charge in [0, 0.05) is 0 Å². The lowest BCUT2D eigenvalue weighted by molar-refractivity contribution is 0.683. The van der Waals surface area contributed by atoms with Crippen molar-refractivity contribution < 1.29 is 0 Å². The first-order valence-corrected chi connectivity index (χ1v) is 6.33. The van der Waals surface area contributed by atoms with E-state index < -0.39 is 0 Å². The quantitative estimate of drug-likeness (QED) is 0.274. The predicted molar refractivity (Wildman–Crippen MR) is 71.5 cm³/mol. The minimum Gasteiger partial charge on any atom is -0.323 e. The van der Waals surface area contributed by atoms with Crippen LogP contribution in [0.1, 0.15) is 65.2 Å². The van der Waals surface area contributed by atoms with Gasteiger partial charge in [-0.15, -0.1) is 0 Å². The van der Waals surface area contributed by atoms with Gasteiger partial charge in [0.2, 0.25) is 0 Å². The first-order valence-electron chi connectivity index (χ1n) is 6.33. The molecular formula is C12H26N4. The molecule has 4 heteroatoms. The van der Waals surface area contributed by atoms with Crippen LogP contribution in [0.4, 0.5) is 0 Å². The number of unbranched alkanes of at least 4 members (excludes halogenated alkanes) is 4. The molecule has 0 saturated heterocycles. The molecule has 0 amide bonds. The molecule has 0 bridgehead atoms. The number of hydrogen-bond acceptors (Lipinski definition) is 4. The summed E-state index contributed by atoms with van der Waals surface area (Å²) >= 11 is 0. The lowest BCUT2D eigenvalue weighted by atomic mass is 10.0. The van der Waals surface area contributed by atoms with Crippen molar-refractivity contribution in [3.8, 4) is 0 Å². The van der Waals surface area contributed by atoms with Crippen molar-refractivity contribution >= 4 is 11.4 Å². The van der Waals surface area contributed by atoms with E-state index in [0.717, 1.165) is 43.5 Å². The van der Waals surface area contributed by atoms with Crippen molar-refractivity contribution in [2.45, 2.75) is 65.2 Å². The molecule has 0 spiro atoms. The summed E-state index contributed by atoms with van der Waals surface area (Å²) in [4.78, 5) is 0. The van der Waals surface area contributed by atoms with Crippen LogP contribution in [-0.2, 0) is 0 Å². The Morgan fingerprint density at radius 1 is 0.750 bits per heavy atom. The topological polar surface area (TPSA) is 76.8 Å². The summed E-state index contributed by atoms with van der Waals surface area (Å²) in [6.07, 6.45) is 8.85. The molecule has 0 heterocycles. The fourth-order valence-electron chi connectivity index (χ4n) is 1.63. The zero-order valence-corrected chi connectivity index (χ0v) is 10.7. The Bertz CT molecular complexity index is 221. The maximum atomic E-state index is 5.39. The van der Waals surface area contributed by atoms with Crippen molar-refractivity contribution in [3.63, 3.8) is 0 Å². The summed E-state index contributed by atoms with van der Waals surface area (Å²) in [6, 6.07) is 0. The molecule has 0 saturated carbocycles. The number of hydrazone groups is 2. The molecule has 4 N–H and O–H groups in total. The van der Waals surface area contributed by atoms with Crippen molar-refractivity contribution in [2.75, 3.05) is 0 Å². The number of nitrogens with zero attached hydrogens (tertiary/aromatic N) is 2. The Morgan fingerprint density at radius 2 is 1.25 bits per heavy atom. The molecule has 0 fully saturated rings. The highest BCUT2D eigenvalue weighted by molar-refractivity contribution is 6.42. The lowest BCUT2D eigenvalue weighted by Crippen LogP contribution is -2.18. The van der Waals surface area contributed by atoms with Crippen LogP contribution in [0.3, 0.4) is 0 Å². The third kappa shape index (κ3) is 6.43. The van der Waals surface area contributed by atoms with Gasteiger partial charge >= 0.3 is 0 Å². The Balaban J connectivity index is 4.04. The maximum absolute atomic E-state index is 5.39. The van der Waals surface area contributed by atoms with E-state index in [1.165, 1.54) is 19.3 Å². The van der Waals surface area contributed by atoms with Gasteiger partial charge in [0.25, 0.3) is 0 Å². The molecule has 94 valence electrons. The second-order valence-corrected chi connectivity index (χ2v) is 4.07. The normalized spacial score (nSPS) is 13.1. The third-order valence-corrected chi connectivity index (χ3v) is 2.68. The molecule has 16 heavy (non-hydrogen) atoms. The number of rotatable bonds is 9. The Morgan fingerprint density at radius 3 is 1.69 bits per heavy atom. The highest BCUT2D eigenvalue weighted by Crippen LogP contribution is 2.07. The van der Waals surface area contributed by atoms with E-state index in [-0.39, 0.29) is 0 Å². The van der Waals surface area contributed by atoms with Crippen LogP contribution >= 0.6 is 0 Å². The Labute approximate surface area is 99.2 Å². The van der Waals surface area contributed by atoms with Crippen LogP contribution in [0, 0.1) is 0 Å². The first-order chi connectivity index (χ1) is 7.79. The van der Waals surface area contributed by atoms with Gasteiger partial charge in [-0.3, -0.25) is 0 Å². The zero-order chi connectivity index (χ0) is 12.2. The smallest absolute Gasteiger partial charge is 0.0832 e. The van der Waals surface area contributed by atoms with Crippen LogP contribution in [0.2, 0.25) is 0 Å². The molecule has 0 aliphatic rings. The van der Waals surface area contributed by atoms with E-state index in [9.17, 15) is 0 Å². The van der Waals surface area contributed by atoms with E-state index in [1.54, 1.807) is 0 Å². The predicted octanol–water partition coefficient (Wildman–Crippen LogP) is 2.78. The van der Waals surface area contributed by atoms with Crippen LogP contribution < -0.4 is 11.7 Å². The molecule has 4 nitrogen and oxygen atoms in total. The van der Waals surface area contributed by atoms with Crippen molar-refractivity contribution in [2.24, 2.45) is 21.9 Å². The van der Waals surface area contributed by atoms with E-state index in [4.69, 9.17) is 11.7 Å².